The highest BCUT2D eigenvalue weighted by Gasteiger charge is 2.21. The zero-order valence-electron chi connectivity index (χ0n) is 12.2. The number of anilines is 1. The van der Waals surface area contributed by atoms with Crippen LogP contribution < -0.4 is 11.2 Å². The fraction of sp³-hybridized carbons (Fsp3) is 0. The van der Waals surface area contributed by atoms with Crippen molar-refractivity contribution >= 4 is 28.3 Å². The zero-order valence-corrected chi connectivity index (χ0v) is 12.2. The molecule has 24 heavy (non-hydrogen) atoms. The molecule has 0 spiro atoms. The molecule has 2 aromatic heterocycles. The van der Waals surface area contributed by atoms with Gasteiger partial charge in [-0.2, -0.15) is 0 Å². The van der Waals surface area contributed by atoms with Gasteiger partial charge in [0.2, 0.25) is 0 Å². The second-order valence-electron chi connectivity index (χ2n) is 4.76. The van der Waals surface area contributed by atoms with E-state index in [1.807, 2.05) is 0 Å². The van der Waals surface area contributed by atoms with Crippen LogP contribution in [0, 0.1) is 0 Å². The monoisotopic (exact) mass is 324 g/mol. The predicted molar refractivity (Wildman–Crippen MR) is 87.7 cm³/mol. The quantitative estimate of drug-likeness (QED) is 0.320. The molecule has 9 heteroatoms. The molecule has 0 atom stereocenters. The van der Waals surface area contributed by atoms with Crippen LogP contribution in [-0.4, -0.2) is 36.8 Å². The third-order valence-electron chi connectivity index (χ3n) is 3.32. The summed E-state index contributed by atoms with van der Waals surface area (Å²) in [5.41, 5.74) is 5.90. The lowest BCUT2D eigenvalue weighted by atomic mass is 10.1. The number of rotatable bonds is 3. The Hall–Kier alpha value is -3.75. The van der Waals surface area contributed by atoms with Gasteiger partial charge in [0.1, 0.15) is 22.6 Å². The SMILES string of the molecule is Nc1nc(C(=NO)C(=NO)c2ccccc2)nc2[nH]ccc(=O)c12. The minimum atomic E-state index is -0.339. The van der Waals surface area contributed by atoms with Gasteiger partial charge in [-0.1, -0.05) is 40.6 Å². The molecule has 5 N–H and O–H groups in total. The average Bonchev–Trinajstić information content (AvgIpc) is 2.60. The Bertz CT molecular complexity index is 1010. The molecule has 0 amide bonds. The highest BCUT2D eigenvalue weighted by molar-refractivity contribution is 6.52. The summed E-state index contributed by atoms with van der Waals surface area (Å²) >= 11 is 0. The number of oxime groups is 2. The van der Waals surface area contributed by atoms with Crippen molar-refractivity contribution in [3.05, 3.63) is 64.2 Å². The molecule has 9 nitrogen and oxygen atoms in total. The van der Waals surface area contributed by atoms with Crippen molar-refractivity contribution in [3.63, 3.8) is 0 Å². The van der Waals surface area contributed by atoms with E-state index in [0.717, 1.165) is 0 Å². The van der Waals surface area contributed by atoms with E-state index in [9.17, 15) is 15.2 Å². The summed E-state index contributed by atoms with van der Waals surface area (Å²) in [5, 5.41) is 25.1. The van der Waals surface area contributed by atoms with Gasteiger partial charge in [-0.25, -0.2) is 9.97 Å². The summed E-state index contributed by atoms with van der Waals surface area (Å²) in [6.07, 6.45) is 1.41. The van der Waals surface area contributed by atoms with Crippen molar-refractivity contribution < 1.29 is 10.4 Å². The number of aromatic amines is 1. The second kappa shape index (κ2) is 6.16. The van der Waals surface area contributed by atoms with E-state index in [-0.39, 0.29) is 39.5 Å². The van der Waals surface area contributed by atoms with E-state index >= 15 is 0 Å². The number of nitrogen functional groups attached to an aromatic ring is 1. The third-order valence-corrected chi connectivity index (χ3v) is 3.32. The lowest BCUT2D eigenvalue weighted by Gasteiger charge is -2.08. The Morgan fingerprint density at radius 1 is 1.04 bits per heavy atom. The fourth-order valence-corrected chi connectivity index (χ4v) is 2.25. The molecule has 120 valence electrons. The van der Waals surface area contributed by atoms with Crippen LogP contribution in [0.4, 0.5) is 5.82 Å². The molecule has 0 aliphatic rings. The van der Waals surface area contributed by atoms with Crippen LogP contribution in [0.3, 0.4) is 0 Å². The summed E-state index contributed by atoms with van der Waals surface area (Å²) in [7, 11) is 0. The molecule has 2 heterocycles. The molecule has 3 rings (SSSR count). The first-order valence-corrected chi connectivity index (χ1v) is 6.81. The molecular formula is C15H12N6O3. The fourth-order valence-electron chi connectivity index (χ4n) is 2.25. The largest absolute Gasteiger partial charge is 0.410 e. The number of nitrogens with one attached hydrogen (secondary N) is 1. The van der Waals surface area contributed by atoms with Gasteiger partial charge in [0, 0.05) is 17.8 Å². The number of hydrogen-bond acceptors (Lipinski definition) is 8. The predicted octanol–water partition coefficient (Wildman–Crippen LogP) is 0.957. The molecule has 0 unspecified atom stereocenters. The lowest BCUT2D eigenvalue weighted by molar-refractivity contribution is 0.314. The van der Waals surface area contributed by atoms with Crippen LogP contribution >= 0.6 is 0 Å². The summed E-state index contributed by atoms with van der Waals surface area (Å²) in [6.45, 7) is 0. The van der Waals surface area contributed by atoms with Crippen molar-refractivity contribution in [2.24, 2.45) is 10.3 Å². The number of fused-ring (bicyclic) bond motifs is 1. The number of H-pyrrole nitrogens is 1. The minimum Gasteiger partial charge on any atom is -0.410 e. The van der Waals surface area contributed by atoms with Crippen LogP contribution in [0.5, 0.6) is 0 Å². The number of pyridine rings is 1. The van der Waals surface area contributed by atoms with E-state index in [4.69, 9.17) is 5.73 Å². The van der Waals surface area contributed by atoms with Gasteiger partial charge in [0.25, 0.3) is 0 Å². The maximum atomic E-state index is 11.8. The average molecular weight is 324 g/mol. The Labute approximate surface area is 134 Å². The van der Waals surface area contributed by atoms with Gasteiger partial charge in [-0.05, 0) is 0 Å². The summed E-state index contributed by atoms with van der Waals surface area (Å²) < 4.78 is 0. The minimum absolute atomic E-state index is 0.0462. The standard InChI is InChI=1S/C15H12N6O3/c16-13-10-9(22)6-7-17-14(10)19-15(18-13)12(21-24)11(20-23)8-4-2-1-3-5-8/h1-7,23-24H,(H3,16,17,18,19,22). The summed E-state index contributed by atoms with van der Waals surface area (Å²) in [6, 6.07) is 9.85. The molecule has 0 saturated carbocycles. The van der Waals surface area contributed by atoms with Crippen molar-refractivity contribution in [1.29, 1.82) is 0 Å². The molecule has 1 aromatic carbocycles. The molecule has 0 radical (unpaired) electrons. The third kappa shape index (κ3) is 2.54. The summed E-state index contributed by atoms with van der Waals surface area (Å²) in [5.74, 6) is -0.177. The number of aromatic nitrogens is 3. The van der Waals surface area contributed by atoms with Crippen LogP contribution in [0.25, 0.3) is 11.0 Å². The van der Waals surface area contributed by atoms with E-state index in [1.165, 1.54) is 12.3 Å². The first-order chi connectivity index (χ1) is 11.7. The van der Waals surface area contributed by atoms with Crippen molar-refractivity contribution in [3.8, 4) is 0 Å². The Morgan fingerprint density at radius 3 is 2.42 bits per heavy atom. The van der Waals surface area contributed by atoms with Gasteiger partial charge in [0.05, 0.1) is 0 Å². The van der Waals surface area contributed by atoms with Gasteiger partial charge in [0.15, 0.2) is 17.0 Å². The van der Waals surface area contributed by atoms with E-state index in [1.54, 1.807) is 30.3 Å². The van der Waals surface area contributed by atoms with Crippen molar-refractivity contribution in [1.82, 2.24) is 15.0 Å². The summed E-state index contributed by atoms with van der Waals surface area (Å²) in [4.78, 5) is 22.7. The highest BCUT2D eigenvalue weighted by atomic mass is 16.4. The van der Waals surface area contributed by atoms with E-state index in [0.29, 0.717) is 5.56 Å². The van der Waals surface area contributed by atoms with E-state index in [2.05, 4.69) is 25.3 Å². The number of nitrogens with two attached hydrogens (primary N) is 1. The first-order valence-electron chi connectivity index (χ1n) is 6.81. The normalized spacial score (nSPS) is 12.5. The van der Waals surface area contributed by atoms with Crippen molar-refractivity contribution in [2.75, 3.05) is 5.73 Å². The van der Waals surface area contributed by atoms with Crippen LogP contribution in [0.2, 0.25) is 0 Å². The maximum Gasteiger partial charge on any atom is 0.194 e. The molecule has 0 saturated heterocycles. The van der Waals surface area contributed by atoms with Crippen molar-refractivity contribution in [2.45, 2.75) is 0 Å². The topological polar surface area (TPSA) is 150 Å². The van der Waals surface area contributed by atoms with Crippen LogP contribution in [-0.2, 0) is 0 Å². The Balaban J connectivity index is 2.19. The number of nitrogens with zero attached hydrogens (tertiary/aromatic N) is 4. The van der Waals surface area contributed by atoms with Crippen LogP contribution in [0.15, 0.2) is 57.7 Å². The molecule has 0 fully saturated rings. The van der Waals surface area contributed by atoms with Crippen LogP contribution in [0.1, 0.15) is 11.4 Å². The Morgan fingerprint density at radius 2 is 1.75 bits per heavy atom. The van der Waals surface area contributed by atoms with Gasteiger partial charge < -0.3 is 21.1 Å². The molecule has 0 aliphatic heterocycles. The number of benzene rings is 1. The maximum absolute atomic E-state index is 11.8. The smallest absolute Gasteiger partial charge is 0.194 e. The molecule has 3 aromatic rings. The zero-order chi connectivity index (χ0) is 17.1. The Kier molecular flexibility index (Phi) is 3.89. The first kappa shape index (κ1) is 15.2. The highest BCUT2D eigenvalue weighted by Crippen LogP contribution is 2.14. The molecular weight excluding hydrogens is 312 g/mol. The second-order valence-corrected chi connectivity index (χ2v) is 4.76. The van der Waals surface area contributed by atoms with Gasteiger partial charge in [-0.3, -0.25) is 4.79 Å². The number of hydrogen-bond donors (Lipinski definition) is 4. The van der Waals surface area contributed by atoms with E-state index < -0.39 is 0 Å². The molecule has 0 bridgehead atoms. The van der Waals surface area contributed by atoms with Gasteiger partial charge >= 0.3 is 0 Å². The van der Waals surface area contributed by atoms with Gasteiger partial charge in [-0.15, -0.1) is 0 Å². The lowest BCUT2D eigenvalue weighted by Crippen LogP contribution is -2.22. The molecule has 0 aliphatic carbocycles.